The number of piperidine rings is 1. The van der Waals surface area contributed by atoms with Crippen LogP contribution in [0.1, 0.15) is 36.8 Å². The van der Waals surface area contributed by atoms with Gasteiger partial charge in [-0.25, -0.2) is 0 Å². The third-order valence-corrected chi connectivity index (χ3v) is 7.32. The maximum absolute atomic E-state index is 13.2. The molecule has 4 rings (SSSR count). The van der Waals surface area contributed by atoms with Crippen molar-refractivity contribution in [1.29, 1.82) is 0 Å². The Morgan fingerprint density at radius 2 is 1.64 bits per heavy atom. The third kappa shape index (κ3) is 5.20. The lowest BCUT2D eigenvalue weighted by Crippen LogP contribution is -2.57. The fourth-order valence-corrected chi connectivity index (χ4v) is 4.81. The highest BCUT2D eigenvalue weighted by Gasteiger charge is 2.55. The fraction of sp³-hybridized carbons (Fsp3) is 0.480. The smallest absolute Gasteiger partial charge is 0.380 e. The summed E-state index contributed by atoms with van der Waals surface area (Å²) in [7, 11) is 0. The van der Waals surface area contributed by atoms with Crippen LogP contribution >= 0.6 is 11.6 Å². The maximum atomic E-state index is 13.2. The zero-order valence-electron chi connectivity index (χ0n) is 18.2. The van der Waals surface area contributed by atoms with Crippen molar-refractivity contribution >= 4 is 17.5 Å². The van der Waals surface area contributed by atoms with E-state index in [2.05, 4.69) is 5.32 Å². The molecule has 4 nitrogen and oxygen atoms in total. The molecule has 0 unspecified atom stereocenters. The van der Waals surface area contributed by atoms with E-state index in [0.717, 1.165) is 24.0 Å². The summed E-state index contributed by atoms with van der Waals surface area (Å²) in [6.45, 7) is 0.560. The van der Waals surface area contributed by atoms with E-state index in [1.54, 1.807) is 12.1 Å². The lowest BCUT2D eigenvalue weighted by atomic mass is 9.89. The highest BCUT2D eigenvalue weighted by Crippen LogP contribution is 2.48. The van der Waals surface area contributed by atoms with Crippen LogP contribution in [-0.4, -0.2) is 53.4 Å². The van der Waals surface area contributed by atoms with Gasteiger partial charge in [0.1, 0.15) is 0 Å². The van der Waals surface area contributed by atoms with Crippen LogP contribution in [0.5, 0.6) is 0 Å². The Morgan fingerprint density at radius 3 is 2.18 bits per heavy atom. The van der Waals surface area contributed by atoms with Gasteiger partial charge in [0.25, 0.3) is 0 Å². The van der Waals surface area contributed by atoms with Gasteiger partial charge in [-0.05, 0) is 55.4 Å². The van der Waals surface area contributed by atoms with Crippen LogP contribution in [0.2, 0.25) is 5.02 Å². The van der Waals surface area contributed by atoms with Crippen LogP contribution in [0.3, 0.4) is 0 Å². The van der Waals surface area contributed by atoms with Crippen LogP contribution in [0.4, 0.5) is 13.2 Å². The van der Waals surface area contributed by atoms with Crippen LogP contribution in [0.15, 0.2) is 54.6 Å². The zero-order chi connectivity index (χ0) is 23.7. The second-order valence-electron chi connectivity index (χ2n) is 9.21. The first-order chi connectivity index (χ1) is 15.6. The number of carbonyl (C=O) groups is 1. The number of nitrogens with zero attached hydrogens (tertiary/aromatic N) is 1. The van der Waals surface area contributed by atoms with Gasteiger partial charge in [0.05, 0.1) is 5.41 Å². The standard InChI is InChI=1S/C25H28ClF3N2O2/c26-20-8-6-19(7-9-20)23(10-11-23)22(32)30-17-21(16-18-4-2-1-3-5-18)31-14-12-24(33,13-15-31)25(27,28)29/h1-9,21,33H,10-17H2,(H,30,32)/t21-/m0/s1. The summed E-state index contributed by atoms with van der Waals surface area (Å²) in [4.78, 5) is 15.1. The topological polar surface area (TPSA) is 52.6 Å². The molecule has 0 spiro atoms. The minimum absolute atomic E-state index is 0.0632. The number of alkyl halides is 3. The summed E-state index contributed by atoms with van der Waals surface area (Å²) < 4.78 is 39.7. The Labute approximate surface area is 196 Å². The minimum Gasteiger partial charge on any atom is -0.380 e. The first-order valence-corrected chi connectivity index (χ1v) is 11.6. The lowest BCUT2D eigenvalue weighted by Gasteiger charge is -2.42. The van der Waals surface area contributed by atoms with Crippen LogP contribution in [-0.2, 0) is 16.6 Å². The number of aliphatic hydroxyl groups is 1. The van der Waals surface area contributed by atoms with E-state index in [9.17, 15) is 23.1 Å². The van der Waals surface area contributed by atoms with E-state index in [1.165, 1.54) is 0 Å². The molecule has 2 aromatic rings. The van der Waals surface area contributed by atoms with Crippen molar-refractivity contribution < 1.29 is 23.1 Å². The molecule has 33 heavy (non-hydrogen) atoms. The molecule has 8 heteroatoms. The van der Waals surface area contributed by atoms with Gasteiger partial charge in [-0.3, -0.25) is 9.69 Å². The maximum Gasteiger partial charge on any atom is 0.417 e. The molecule has 2 N–H and O–H groups in total. The number of hydrogen-bond acceptors (Lipinski definition) is 3. The van der Waals surface area contributed by atoms with E-state index < -0.39 is 17.2 Å². The molecule has 2 fully saturated rings. The van der Waals surface area contributed by atoms with Gasteiger partial charge in [0, 0.05) is 30.7 Å². The second-order valence-corrected chi connectivity index (χ2v) is 9.64. The van der Waals surface area contributed by atoms with E-state index >= 15 is 0 Å². The Hall–Kier alpha value is -2.09. The van der Waals surface area contributed by atoms with Crippen molar-refractivity contribution in [3.8, 4) is 0 Å². The van der Waals surface area contributed by atoms with E-state index in [1.807, 2.05) is 47.4 Å². The molecule has 0 aromatic heterocycles. The van der Waals surface area contributed by atoms with Crippen molar-refractivity contribution in [2.45, 2.75) is 55.3 Å². The number of halogens is 4. The molecule has 1 aliphatic heterocycles. The number of amides is 1. The molecule has 0 radical (unpaired) electrons. The van der Waals surface area contributed by atoms with Gasteiger partial charge < -0.3 is 10.4 Å². The fourth-order valence-electron chi connectivity index (χ4n) is 4.68. The monoisotopic (exact) mass is 480 g/mol. The first kappa shape index (κ1) is 24.0. The Bertz CT molecular complexity index is 954. The number of likely N-dealkylation sites (tertiary alicyclic amines) is 1. The summed E-state index contributed by atoms with van der Waals surface area (Å²) in [6.07, 6.45) is -3.27. The predicted molar refractivity (Wildman–Crippen MR) is 121 cm³/mol. The summed E-state index contributed by atoms with van der Waals surface area (Å²) in [5, 5.41) is 13.7. The van der Waals surface area contributed by atoms with Crippen LogP contribution in [0, 0.1) is 0 Å². The molecule has 1 atom stereocenters. The van der Waals surface area contributed by atoms with Gasteiger partial charge in [0.2, 0.25) is 5.91 Å². The van der Waals surface area contributed by atoms with E-state index in [0.29, 0.717) is 18.0 Å². The number of hydrogen-bond donors (Lipinski definition) is 2. The Balaban J connectivity index is 1.44. The zero-order valence-corrected chi connectivity index (χ0v) is 19.0. The average molecular weight is 481 g/mol. The molecule has 0 bridgehead atoms. The van der Waals surface area contributed by atoms with E-state index in [4.69, 9.17) is 11.6 Å². The quantitative estimate of drug-likeness (QED) is 0.614. The van der Waals surface area contributed by atoms with Crippen molar-refractivity contribution in [2.24, 2.45) is 0 Å². The molecule has 1 saturated heterocycles. The highest BCUT2D eigenvalue weighted by molar-refractivity contribution is 6.30. The number of carbonyl (C=O) groups excluding carboxylic acids is 1. The van der Waals surface area contributed by atoms with Crippen molar-refractivity contribution in [1.82, 2.24) is 10.2 Å². The van der Waals surface area contributed by atoms with Crippen molar-refractivity contribution in [3.63, 3.8) is 0 Å². The number of rotatable bonds is 7. The normalized spacial score (nSPS) is 20.8. The average Bonchev–Trinajstić information content (AvgIpc) is 3.60. The molecule has 178 valence electrons. The lowest BCUT2D eigenvalue weighted by molar-refractivity contribution is -0.273. The van der Waals surface area contributed by atoms with Crippen LogP contribution in [0.25, 0.3) is 0 Å². The Kier molecular flexibility index (Phi) is 6.76. The largest absolute Gasteiger partial charge is 0.417 e. The predicted octanol–water partition coefficient (Wildman–Crippen LogP) is 4.49. The van der Waals surface area contributed by atoms with Gasteiger partial charge in [-0.1, -0.05) is 54.1 Å². The summed E-state index contributed by atoms with van der Waals surface area (Å²) in [6, 6.07) is 16.8. The third-order valence-electron chi connectivity index (χ3n) is 7.06. The molecular weight excluding hydrogens is 453 g/mol. The van der Waals surface area contributed by atoms with Crippen molar-refractivity contribution in [3.05, 3.63) is 70.7 Å². The van der Waals surface area contributed by atoms with Gasteiger partial charge in [-0.2, -0.15) is 13.2 Å². The minimum atomic E-state index is -4.64. The van der Waals surface area contributed by atoms with Gasteiger partial charge in [-0.15, -0.1) is 0 Å². The van der Waals surface area contributed by atoms with Gasteiger partial charge in [0.15, 0.2) is 5.60 Å². The summed E-state index contributed by atoms with van der Waals surface area (Å²) in [5.41, 5.74) is -1.22. The van der Waals surface area contributed by atoms with Crippen molar-refractivity contribution in [2.75, 3.05) is 19.6 Å². The number of nitrogens with one attached hydrogen (secondary N) is 1. The Morgan fingerprint density at radius 1 is 1.03 bits per heavy atom. The molecular formula is C25H28ClF3N2O2. The number of benzene rings is 2. The second kappa shape index (κ2) is 9.28. The molecule has 1 aliphatic carbocycles. The highest BCUT2D eigenvalue weighted by atomic mass is 35.5. The summed E-state index contributed by atoms with van der Waals surface area (Å²) in [5.74, 6) is -0.0632. The molecule has 1 heterocycles. The molecule has 1 saturated carbocycles. The molecule has 1 amide bonds. The first-order valence-electron chi connectivity index (χ1n) is 11.2. The summed E-state index contributed by atoms with van der Waals surface area (Å²) >= 11 is 5.98. The van der Waals surface area contributed by atoms with Gasteiger partial charge >= 0.3 is 6.18 Å². The molecule has 2 aromatic carbocycles. The molecule has 2 aliphatic rings. The van der Waals surface area contributed by atoms with E-state index in [-0.39, 0.29) is 37.9 Å². The van der Waals surface area contributed by atoms with Crippen LogP contribution < -0.4 is 5.32 Å². The SMILES string of the molecule is O=C(NC[C@H](Cc1ccccc1)N1CCC(O)(C(F)(F)F)CC1)C1(c2ccc(Cl)cc2)CC1.